The van der Waals surface area contributed by atoms with Crippen molar-refractivity contribution in [3.63, 3.8) is 0 Å². The Morgan fingerprint density at radius 1 is 1.12 bits per heavy atom. The quantitative estimate of drug-likeness (QED) is 0.656. The lowest BCUT2D eigenvalue weighted by Crippen LogP contribution is -2.39. The zero-order chi connectivity index (χ0) is 18.4. The molecule has 0 bridgehead atoms. The van der Waals surface area contributed by atoms with Gasteiger partial charge in [0.15, 0.2) is 11.5 Å². The van der Waals surface area contributed by atoms with E-state index in [4.69, 9.17) is 9.47 Å². The number of anilines is 1. The molecule has 1 aliphatic heterocycles. The molecule has 3 rings (SSSR count). The lowest BCUT2D eigenvalue weighted by molar-refractivity contribution is -0.114. The van der Waals surface area contributed by atoms with E-state index < -0.39 is 0 Å². The summed E-state index contributed by atoms with van der Waals surface area (Å²) in [5.41, 5.74) is 1.85. The van der Waals surface area contributed by atoms with Crippen LogP contribution in [0.3, 0.4) is 0 Å². The van der Waals surface area contributed by atoms with Gasteiger partial charge < -0.3 is 14.4 Å². The molecule has 0 aromatic heterocycles. The summed E-state index contributed by atoms with van der Waals surface area (Å²) < 4.78 is 10.7. The first-order valence-electron chi connectivity index (χ1n) is 9.19. The van der Waals surface area contributed by atoms with Crippen LogP contribution in [0.1, 0.15) is 38.7 Å². The van der Waals surface area contributed by atoms with Gasteiger partial charge in [0.05, 0.1) is 0 Å². The highest BCUT2D eigenvalue weighted by molar-refractivity contribution is 6.04. The summed E-state index contributed by atoms with van der Waals surface area (Å²) in [5, 5.41) is 0. The van der Waals surface area contributed by atoms with Crippen molar-refractivity contribution < 1.29 is 14.3 Å². The predicted octanol–water partition coefficient (Wildman–Crippen LogP) is 5.04. The average Bonchev–Trinajstić information content (AvgIpc) is 3.14. The standard InChI is InChI=1S/C22H25NO3/c1-3-8-18(4-2)23(19-9-6-5-7-10-19)22(24)14-12-17-11-13-20-21(15-17)26-16-25-20/h5-7,9-15,18H,3-4,8,16H2,1-2H3/b14-12+. The van der Waals surface area contributed by atoms with E-state index in [2.05, 4.69) is 13.8 Å². The number of benzene rings is 2. The monoisotopic (exact) mass is 351 g/mol. The summed E-state index contributed by atoms with van der Waals surface area (Å²) in [4.78, 5) is 14.9. The minimum Gasteiger partial charge on any atom is -0.454 e. The lowest BCUT2D eigenvalue weighted by Gasteiger charge is -2.30. The third-order valence-corrected chi connectivity index (χ3v) is 4.55. The van der Waals surface area contributed by atoms with Crippen LogP contribution in [0.15, 0.2) is 54.6 Å². The molecule has 1 heterocycles. The maximum atomic E-state index is 13.0. The molecule has 1 amide bonds. The number of para-hydroxylation sites is 1. The molecule has 136 valence electrons. The summed E-state index contributed by atoms with van der Waals surface area (Å²) in [6.07, 6.45) is 6.42. The SMILES string of the molecule is CCCC(CC)N(C(=O)/C=C/c1ccc2c(c1)OCO2)c1ccccc1. The fraction of sp³-hybridized carbons (Fsp3) is 0.318. The van der Waals surface area contributed by atoms with Crippen LogP contribution >= 0.6 is 0 Å². The van der Waals surface area contributed by atoms with Crippen LogP contribution in [0.4, 0.5) is 5.69 Å². The van der Waals surface area contributed by atoms with E-state index in [0.717, 1.165) is 42.0 Å². The maximum Gasteiger partial charge on any atom is 0.251 e. The summed E-state index contributed by atoms with van der Waals surface area (Å²) in [6.45, 7) is 4.53. The second-order valence-corrected chi connectivity index (χ2v) is 6.34. The average molecular weight is 351 g/mol. The molecule has 0 spiro atoms. The Bertz CT molecular complexity index is 770. The van der Waals surface area contributed by atoms with Crippen LogP contribution in [0.5, 0.6) is 11.5 Å². The Kier molecular flexibility index (Phi) is 5.95. The molecule has 2 aromatic rings. The molecule has 0 N–H and O–H groups in total. The van der Waals surface area contributed by atoms with Gasteiger partial charge in [0, 0.05) is 17.8 Å². The van der Waals surface area contributed by atoms with Gasteiger partial charge in [-0.15, -0.1) is 0 Å². The number of nitrogens with zero attached hydrogens (tertiary/aromatic N) is 1. The van der Waals surface area contributed by atoms with E-state index >= 15 is 0 Å². The van der Waals surface area contributed by atoms with Crippen LogP contribution in [0, 0.1) is 0 Å². The van der Waals surface area contributed by atoms with E-state index in [1.165, 1.54) is 0 Å². The van der Waals surface area contributed by atoms with Crippen molar-refractivity contribution in [3.05, 3.63) is 60.2 Å². The fourth-order valence-corrected chi connectivity index (χ4v) is 3.22. The van der Waals surface area contributed by atoms with Crippen LogP contribution in [0.2, 0.25) is 0 Å². The van der Waals surface area contributed by atoms with Gasteiger partial charge in [0.1, 0.15) is 0 Å². The van der Waals surface area contributed by atoms with Gasteiger partial charge in [-0.2, -0.15) is 0 Å². The Hall–Kier alpha value is -2.75. The summed E-state index contributed by atoms with van der Waals surface area (Å²) in [7, 11) is 0. The van der Waals surface area contributed by atoms with Crippen molar-refractivity contribution in [2.75, 3.05) is 11.7 Å². The summed E-state index contributed by atoms with van der Waals surface area (Å²) in [5.74, 6) is 1.46. The van der Waals surface area contributed by atoms with Crippen molar-refractivity contribution in [1.29, 1.82) is 0 Å². The molecule has 2 aromatic carbocycles. The molecule has 26 heavy (non-hydrogen) atoms. The minimum atomic E-state index is -0.00540. The molecule has 1 atom stereocenters. The lowest BCUT2D eigenvalue weighted by atomic mass is 10.1. The topological polar surface area (TPSA) is 38.8 Å². The minimum absolute atomic E-state index is 0.00540. The normalized spacial score (nSPS) is 13.8. The number of carbonyl (C=O) groups is 1. The highest BCUT2D eigenvalue weighted by Gasteiger charge is 2.21. The first kappa shape index (κ1) is 18.1. The number of rotatable bonds is 7. The van der Waals surface area contributed by atoms with E-state index in [1.54, 1.807) is 6.08 Å². The van der Waals surface area contributed by atoms with Gasteiger partial charge in [-0.05, 0) is 48.7 Å². The Balaban J connectivity index is 1.83. The Morgan fingerprint density at radius 2 is 1.88 bits per heavy atom. The summed E-state index contributed by atoms with van der Waals surface area (Å²) in [6, 6.07) is 15.8. The van der Waals surface area contributed by atoms with E-state index in [1.807, 2.05) is 59.5 Å². The number of amides is 1. The molecule has 4 nitrogen and oxygen atoms in total. The molecule has 0 saturated carbocycles. The van der Waals surface area contributed by atoms with Crippen LogP contribution in [-0.4, -0.2) is 18.7 Å². The number of ether oxygens (including phenoxy) is 2. The number of hydrogen-bond donors (Lipinski definition) is 0. The highest BCUT2D eigenvalue weighted by atomic mass is 16.7. The first-order valence-corrected chi connectivity index (χ1v) is 9.19. The number of fused-ring (bicyclic) bond motifs is 1. The van der Waals surface area contributed by atoms with Crippen molar-refractivity contribution in [2.45, 2.75) is 39.2 Å². The molecular weight excluding hydrogens is 326 g/mol. The molecule has 1 unspecified atom stereocenters. The molecule has 4 heteroatoms. The van der Waals surface area contributed by atoms with Gasteiger partial charge >= 0.3 is 0 Å². The first-order chi connectivity index (χ1) is 12.7. The Morgan fingerprint density at radius 3 is 2.62 bits per heavy atom. The van der Waals surface area contributed by atoms with Gasteiger partial charge in [-0.1, -0.05) is 44.5 Å². The van der Waals surface area contributed by atoms with Crippen LogP contribution in [0.25, 0.3) is 6.08 Å². The Labute approximate surface area is 155 Å². The smallest absolute Gasteiger partial charge is 0.251 e. The van der Waals surface area contributed by atoms with Gasteiger partial charge in [0.2, 0.25) is 6.79 Å². The van der Waals surface area contributed by atoms with Crippen molar-refractivity contribution in [3.8, 4) is 11.5 Å². The zero-order valence-corrected chi connectivity index (χ0v) is 15.4. The molecular formula is C22H25NO3. The van der Waals surface area contributed by atoms with Crippen LogP contribution < -0.4 is 14.4 Å². The van der Waals surface area contributed by atoms with Crippen molar-refractivity contribution in [1.82, 2.24) is 0 Å². The van der Waals surface area contributed by atoms with Crippen LogP contribution in [-0.2, 0) is 4.79 Å². The highest BCUT2D eigenvalue weighted by Crippen LogP contribution is 2.33. The molecule has 0 fully saturated rings. The van der Waals surface area contributed by atoms with Crippen molar-refractivity contribution in [2.24, 2.45) is 0 Å². The predicted molar refractivity (Wildman–Crippen MR) is 105 cm³/mol. The largest absolute Gasteiger partial charge is 0.454 e. The van der Waals surface area contributed by atoms with E-state index in [-0.39, 0.29) is 18.7 Å². The van der Waals surface area contributed by atoms with Crippen molar-refractivity contribution >= 4 is 17.7 Å². The number of hydrogen-bond acceptors (Lipinski definition) is 3. The molecule has 0 aliphatic carbocycles. The van der Waals surface area contributed by atoms with E-state index in [0.29, 0.717) is 0 Å². The van der Waals surface area contributed by atoms with E-state index in [9.17, 15) is 4.79 Å². The third-order valence-electron chi connectivity index (χ3n) is 4.55. The maximum absolute atomic E-state index is 13.0. The van der Waals surface area contributed by atoms with Gasteiger partial charge in [0.25, 0.3) is 5.91 Å². The molecule has 1 aliphatic rings. The van der Waals surface area contributed by atoms with Gasteiger partial charge in [-0.3, -0.25) is 4.79 Å². The number of carbonyl (C=O) groups excluding carboxylic acids is 1. The molecule has 0 saturated heterocycles. The fourth-order valence-electron chi connectivity index (χ4n) is 3.22. The second-order valence-electron chi connectivity index (χ2n) is 6.34. The zero-order valence-electron chi connectivity index (χ0n) is 15.4. The second kappa shape index (κ2) is 8.56. The third kappa shape index (κ3) is 4.07. The van der Waals surface area contributed by atoms with Gasteiger partial charge in [-0.25, -0.2) is 0 Å². The summed E-state index contributed by atoms with van der Waals surface area (Å²) >= 11 is 0. The molecule has 0 radical (unpaired) electrons.